The second-order valence-corrected chi connectivity index (χ2v) is 3.47. The van der Waals surface area contributed by atoms with E-state index in [0.717, 1.165) is 6.42 Å². The summed E-state index contributed by atoms with van der Waals surface area (Å²) in [5, 5.41) is 9.44. The van der Waals surface area contributed by atoms with Gasteiger partial charge in [0.1, 0.15) is 5.72 Å². The third-order valence-corrected chi connectivity index (χ3v) is 2.50. The van der Waals surface area contributed by atoms with Gasteiger partial charge in [-0.15, -0.1) is 0 Å². The maximum Gasteiger partial charge on any atom is 0.185 e. The molecule has 2 atom stereocenters. The fourth-order valence-electron chi connectivity index (χ4n) is 1.91. The summed E-state index contributed by atoms with van der Waals surface area (Å²) < 4.78 is 5.56. The zero-order chi connectivity index (χ0) is 8.06. The van der Waals surface area contributed by atoms with Crippen LogP contribution in [0.2, 0.25) is 0 Å². The Hall–Kier alpha value is -0.700. The molecule has 0 bridgehead atoms. The molecule has 3 nitrogen and oxygen atoms in total. The maximum absolute atomic E-state index is 9.44. The molecule has 0 spiro atoms. The average molecular weight is 155 g/mol. The van der Waals surface area contributed by atoms with Gasteiger partial charge in [-0.1, -0.05) is 0 Å². The fourth-order valence-corrected chi connectivity index (χ4v) is 1.91. The van der Waals surface area contributed by atoms with Crippen molar-refractivity contribution in [2.24, 2.45) is 0 Å². The molecule has 1 saturated heterocycles. The molecule has 1 fully saturated rings. The van der Waals surface area contributed by atoms with Gasteiger partial charge >= 0.3 is 0 Å². The highest BCUT2D eigenvalue weighted by molar-refractivity contribution is 5.11. The zero-order valence-corrected chi connectivity index (χ0v) is 6.87. The Labute approximate surface area is 66.3 Å². The molecule has 2 aliphatic rings. The van der Waals surface area contributed by atoms with E-state index in [4.69, 9.17) is 4.74 Å². The standard InChI is InChI=1S/C8H13NO2/c1-6-5-11-8(2)4-3-7(10)9(6)8/h3,6,10H,4-5H2,1-2H3/t6-,8+/m0/s1. The van der Waals surface area contributed by atoms with Gasteiger partial charge < -0.3 is 14.7 Å². The quantitative estimate of drug-likeness (QED) is 0.571. The maximum atomic E-state index is 9.44. The molecule has 3 heteroatoms. The summed E-state index contributed by atoms with van der Waals surface area (Å²) in [4.78, 5) is 1.94. The first-order chi connectivity index (χ1) is 5.13. The molecule has 1 N–H and O–H groups in total. The topological polar surface area (TPSA) is 32.7 Å². The van der Waals surface area contributed by atoms with Crippen LogP contribution < -0.4 is 0 Å². The third kappa shape index (κ3) is 0.774. The lowest BCUT2D eigenvalue weighted by atomic mass is 10.2. The molecule has 0 amide bonds. The van der Waals surface area contributed by atoms with Gasteiger partial charge in [0, 0.05) is 6.42 Å². The van der Waals surface area contributed by atoms with Gasteiger partial charge in [-0.05, 0) is 19.9 Å². The molecule has 11 heavy (non-hydrogen) atoms. The second-order valence-electron chi connectivity index (χ2n) is 3.47. The Morgan fingerprint density at radius 2 is 2.55 bits per heavy atom. The molecule has 0 unspecified atom stereocenters. The van der Waals surface area contributed by atoms with Crippen LogP contribution in [0.5, 0.6) is 0 Å². The lowest BCUT2D eigenvalue weighted by molar-refractivity contribution is -0.0523. The Bertz CT molecular complexity index is 214. The van der Waals surface area contributed by atoms with E-state index in [1.165, 1.54) is 0 Å². The summed E-state index contributed by atoms with van der Waals surface area (Å²) in [5.74, 6) is 0.373. The third-order valence-electron chi connectivity index (χ3n) is 2.50. The van der Waals surface area contributed by atoms with Crippen LogP contribution in [0.4, 0.5) is 0 Å². The van der Waals surface area contributed by atoms with Crippen molar-refractivity contribution in [1.29, 1.82) is 0 Å². The highest BCUT2D eigenvalue weighted by Crippen LogP contribution is 2.38. The molecular formula is C8H13NO2. The van der Waals surface area contributed by atoms with Gasteiger partial charge in [0.25, 0.3) is 0 Å². The van der Waals surface area contributed by atoms with Gasteiger partial charge in [0.15, 0.2) is 5.88 Å². The largest absolute Gasteiger partial charge is 0.495 e. The molecule has 62 valence electrons. The molecule has 0 aromatic heterocycles. The van der Waals surface area contributed by atoms with Crippen molar-refractivity contribution in [3.8, 4) is 0 Å². The smallest absolute Gasteiger partial charge is 0.185 e. The minimum Gasteiger partial charge on any atom is -0.495 e. The van der Waals surface area contributed by atoms with Gasteiger partial charge in [0.2, 0.25) is 0 Å². The van der Waals surface area contributed by atoms with Gasteiger partial charge in [-0.3, -0.25) is 0 Å². The van der Waals surface area contributed by atoms with Crippen LogP contribution in [0.1, 0.15) is 20.3 Å². The van der Waals surface area contributed by atoms with Crippen LogP contribution in [0.3, 0.4) is 0 Å². The Balaban J connectivity index is 2.30. The summed E-state index contributed by atoms with van der Waals surface area (Å²) in [6, 6.07) is 0.304. The van der Waals surface area contributed by atoms with Crippen molar-refractivity contribution in [2.75, 3.05) is 6.61 Å². The van der Waals surface area contributed by atoms with Crippen molar-refractivity contribution in [1.82, 2.24) is 4.90 Å². The highest BCUT2D eigenvalue weighted by Gasteiger charge is 2.46. The van der Waals surface area contributed by atoms with Gasteiger partial charge in [0.05, 0.1) is 12.6 Å². The van der Waals surface area contributed by atoms with Gasteiger partial charge in [-0.2, -0.15) is 0 Å². The van der Waals surface area contributed by atoms with Crippen LogP contribution in [0.15, 0.2) is 12.0 Å². The molecule has 0 aromatic rings. The van der Waals surface area contributed by atoms with Crippen LogP contribution in [-0.4, -0.2) is 28.4 Å². The van der Waals surface area contributed by atoms with Crippen LogP contribution in [0.25, 0.3) is 0 Å². The Morgan fingerprint density at radius 3 is 3.18 bits per heavy atom. The second kappa shape index (κ2) is 1.91. The molecule has 2 heterocycles. The zero-order valence-electron chi connectivity index (χ0n) is 6.87. The fraction of sp³-hybridized carbons (Fsp3) is 0.750. The number of aliphatic hydroxyl groups excluding tert-OH is 1. The van der Waals surface area contributed by atoms with Crippen molar-refractivity contribution in [3.05, 3.63) is 12.0 Å². The first kappa shape index (κ1) is 6.98. The summed E-state index contributed by atoms with van der Waals surface area (Å²) in [6.07, 6.45) is 2.61. The molecular weight excluding hydrogens is 142 g/mol. The van der Waals surface area contributed by atoms with Crippen LogP contribution in [-0.2, 0) is 4.74 Å². The predicted molar refractivity (Wildman–Crippen MR) is 41.0 cm³/mol. The number of hydrogen-bond donors (Lipinski definition) is 1. The van der Waals surface area contributed by atoms with Gasteiger partial charge in [-0.25, -0.2) is 0 Å². The Kier molecular flexibility index (Phi) is 1.21. The summed E-state index contributed by atoms with van der Waals surface area (Å²) in [7, 11) is 0. The lowest BCUT2D eigenvalue weighted by Crippen LogP contribution is -2.40. The van der Waals surface area contributed by atoms with E-state index >= 15 is 0 Å². The van der Waals surface area contributed by atoms with Crippen LogP contribution in [0, 0.1) is 0 Å². The first-order valence-electron chi connectivity index (χ1n) is 3.96. The van der Waals surface area contributed by atoms with E-state index in [1.807, 2.05) is 17.9 Å². The summed E-state index contributed by atoms with van der Waals surface area (Å²) in [5.41, 5.74) is -0.260. The molecule has 2 rings (SSSR count). The van der Waals surface area contributed by atoms with Crippen molar-refractivity contribution in [3.63, 3.8) is 0 Å². The average Bonchev–Trinajstić information content (AvgIpc) is 2.38. The minimum absolute atomic E-state index is 0.260. The number of rotatable bonds is 0. The normalized spacial score (nSPS) is 42.5. The monoisotopic (exact) mass is 155 g/mol. The number of hydrogen-bond acceptors (Lipinski definition) is 3. The van der Waals surface area contributed by atoms with E-state index in [2.05, 4.69) is 6.92 Å². The van der Waals surface area contributed by atoms with E-state index in [-0.39, 0.29) is 5.72 Å². The molecule has 0 aromatic carbocycles. The predicted octanol–water partition coefficient (Wildman–Crippen LogP) is 1.23. The van der Waals surface area contributed by atoms with E-state index in [1.54, 1.807) is 0 Å². The van der Waals surface area contributed by atoms with Crippen molar-refractivity contribution in [2.45, 2.75) is 32.0 Å². The number of ether oxygens (including phenoxy) is 1. The highest BCUT2D eigenvalue weighted by atomic mass is 16.5. The van der Waals surface area contributed by atoms with E-state index in [0.29, 0.717) is 18.5 Å². The summed E-state index contributed by atoms with van der Waals surface area (Å²) >= 11 is 0. The van der Waals surface area contributed by atoms with Crippen molar-refractivity contribution >= 4 is 0 Å². The Morgan fingerprint density at radius 1 is 1.82 bits per heavy atom. The van der Waals surface area contributed by atoms with E-state index in [9.17, 15) is 5.11 Å². The first-order valence-corrected chi connectivity index (χ1v) is 3.96. The number of nitrogens with zero attached hydrogens (tertiary/aromatic N) is 1. The molecule has 0 radical (unpaired) electrons. The van der Waals surface area contributed by atoms with Crippen molar-refractivity contribution < 1.29 is 9.84 Å². The minimum atomic E-state index is -0.260. The molecule has 0 aliphatic carbocycles. The summed E-state index contributed by atoms with van der Waals surface area (Å²) in [6.45, 7) is 4.78. The molecule has 2 aliphatic heterocycles. The lowest BCUT2D eigenvalue weighted by Gasteiger charge is -2.30. The molecule has 0 saturated carbocycles. The SMILES string of the molecule is C[C@H]1CO[C@]2(C)CC=C(O)N12. The number of fused-ring (bicyclic) bond motifs is 1. The number of aliphatic hydroxyl groups is 1. The van der Waals surface area contributed by atoms with E-state index < -0.39 is 0 Å². The van der Waals surface area contributed by atoms with Crippen LogP contribution >= 0.6 is 0 Å².